The second-order valence-corrected chi connectivity index (χ2v) is 10.5. The summed E-state index contributed by atoms with van der Waals surface area (Å²) in [4.78, 5) is 14.9. The van der Waals surface area contributed by atoms with Crippen molar-refractivity contribution in [2.75, 3.05) is 18.8 Å². The zero-order valence-electron chi connectivity index (χ0n) is 20.7. The molecule has 0 N–H and O–H groups in total. The van der Waals surface area contributed by atoms with E-state index < -0.39 is 0 Å². The highest BCUT2D eigenvalue weighted by molar-refractivity contribution is 7.99. The summed E-state index contributed by atoms with van der Waals surface area (Å²) in [6.07, 6.45) is 6.31. The number of hydrogen-bond acceptors (Lipinski definition) is 5. The van der Waals surface area contributed by atoms with Gasteiger partial charge in [0.25, 0.3) is 0 Å². The van der Waals surface area contributed by atoms with Crippen molar-refractivity contribution in [3.63, 3.8) is 0 Å². The highest BCUT2D eigenvalue weighted by Crippen LogP contribution is 2.29. The fourth-order valence-corrected chi connectivity index (χ4v) is 5.70. The van der Waals surface area contributed by atoms with Crippen LogP contribution in [-0.2, 0) is 11.2 Å². The lowest BCUT2D eigenvalue weighted by atomic mass is 9.90. The topological polar surface area (TPSA) is 64.2 Å². The number of furan rings is 1. The molecule has 1 aliphatic rings. The van der Waals surface area contributed by atoms with Crippen molar-refractivity contribution in [1.29, 1.82) is 0 Å². The fraction of sp³-hybridized carbons (Fsp3) is 0.345. The third-order valence-electron chi connectivity index (χ3n) is 6.74. The molecule has 4 aromatic rings. The second-order valence-electron chi connectivity index (χ2n) is 9.42. The molecule has 1 saturated heterocycles. The van der Waals surface area contributed by atoms with Crippen LogP contribution in [0.25, 0.3) is 17.3 Å². The first-order valence-electron chi connectivity index (χ1n) is 12.7. The third kappa shape index (κ3) is 5.90. The number of aryl methyl sites for hydroxylation is 1. The lowest BCUT2D eigenvalue weighted by Gasteiger charge is -2.32. The van der Waals surface area contributed by atoms with Crippen molar-refractivity contribution in [3.8, 4) is 17.3 Å². The van der Waals surface area contributed by atoms with Crippen LogP contribution in [0.2, 0.25) is 0 Å². The van der Waals surface area contributed by atoms with Gasteiger partial charge in [0.05, 0.1) is 12.0 Å². The van der Waals surface area contributed by atoms with Crippen LogP contribution in [0.4, 0.5) is 0 Å². The Bertz CT molecular complexity index is 1260. The van der Waals surface area contributed by atoms with E-state index in [9.17, 15) is 4.79 Å². The van der Waals surface area contributed by atoms with Crippen molar-refractivity contribution in [3.05, 3.63) is 84.1 Å². The van der Waals surface area contributed by atoms with Crippen molar-refractivity contribution in [2.45, 2.75) is 44.2 Å². The Morgan fingerprint density at radius 1 is 1.03 bits per heavy atom. The van der Waals surface area contributed by atoms with Crippen LogP contribution in [0.3, 0.4) is 0 Å². The number of thioether (sulfide) groups is 1. The molecule has 3 heterocycles. The van der Waals surface area contributed by atoms with Crippen LogP contribution in [0.1, 0.15) is 36.8 Å². The van der Waals surface area contributed by atoms with Crippen molar-refractivity contribution < 1.29 is 9.21 Å². The second kappa shape index (κ2) is 11.6. The first-order valence-corrected chi connectivity index (χ1v) is 13.7. The van der Waals surface area contributed by atoms with E-state index in [0.717, 1.165) is 55.4 Å². The molecular formula is C29H32N4O2S. The molecule has 7 heteroatoms. The lowest BCUT2D eigenvalue weighted by Crippen LogP contribution is -2.38. The quantitative estimate of drug-likeness (QED) is 0.203. The molecule has 0 aliphatic carbocycles. The highest BCUT2D eigenvalue weighted by Gasteiger charge is 2.23. The summed E-state index contributed by atoms with van der Waals surface area (Å²) in [5, 5.41) is 9.67. The Hall–Kier alpha value is -3.32. The Morgan fingerprint density at radius 3 is 2.61 bits per heavy atom. The number of nitrogens with zero attached hydrogens (tertiary/aromatic N) is 4. The van der Waals surface area contributed by atoms with Gasteiger partial charge in [-0.2, -0.15) is 0 Å². The van der Waals surface area contributed by atoms with Crippen molar-refractivity contribution >= 4 is 17.7 Å². The van der Waals surface area contributed by atoms with Gasteiger partial charge in [-0.05, 0) is 73.9 Å². The van der Waals surface area contributed by atoms with Crippen molar-refractivity contribution in [2.24, 2.45) is 5.92 Å². The summed E-state index contributed by atoms with van der Waals surface area (Å²) in [5.41, 5.74) is 3.57. The molecule has 0 unspecified atom stereocenters. The van der Waals surface area contributed by atoms with E-state index in [4.69, 9.17) is 4.42 Å². The van der Waals surface area contributed by atoms with E-state index in [1.54, 1.807) is 18.0 Å². The van der Waals surface area contributed by atoms with Gasteiger partial charge >= 0.3 is 0 Å². The summed E-state index contributed by atoms with van der Waals surface area (Å²) in [6.45, 7) is 3.82. The van der Waals surface area contributed by atoms with Gasteiger partial charge in [-0.25, -0.2) is 0 Å². The smallest absolute Gasteiger partial charge is 0.222 e. The van der Waals surface area contributed by atoms with Gasteiger partial charge in [0.15, 0.2) is 10.9 Å². The lowest BCUT2D eigenvalue weighted by molar-refractivity contribution is -0.132. The van der Waals surface area contributed by atoms with Crippen LogP contribution in [0.5, 0.6) is 0 Å². The minimum absolute atomic E-state index is 0.269. The van der Waals surface area contributed by atoms with Gasteiger partial charge in [-0.15, -0.1) is 10.2 Å². The van der Waals surface area contributed by atoms with E-state index >= 15 is 0 Å². The minimum Gasteiger partial charge on any atom is -0.461 e. The molecule has 0 bridgehead atoms. The first kappa shape index (κ1) is 24.4. The van der Waals surface area contributed by atoms with Gasteiger partial charge in [-0.1, -0.05) is 54.2 Å². The molecule has 0 spiro atoms. The average Bonchev–Trinajstić information content (AvgIpc) is 3.58. The molecular weight excluding hydrogens is 468 g/mol. The largest absolute Gasteiger partial charge is 0.461 e. The molecule has 1 amide bonds. The van der Waals surface area contributed by atoms with Crippen LogP contribution in [0, 0.1) is 12.8 Å². The summed E-state index contributed by atoms with van der Waals surface area (Å²) in [5.74, 6) is 3.11. The van der Waals surface area contributed by atoms with Crippen LogP contribution in [0.15, 0.2) is 82.6 Å². The number of aromatic nitrogens is 3. The molecule has 2 aromatic heterocycles. The standard InChI is InChI=1S/C29H32N4O2S/c1-22-8-5-11-25(20-22)33-28(26-12-6-18-35-26)30-31-29(33)36-19-7-13-27(34)32-16-14-24(15-17-32)21-23-9-3-2-4-10-23/h2-6,8-12,18,20,24H,7,13-17,19,21H2,1H3. The maximum atomic E-state index is 12.8. The van der Waals surface area contributed by atoms with E-state index in [1.807, 2.05) is 22.8 Å². The molecule has 1 aliphatic heterocycles. The van der Waals surface area contributed by atoms with Gasteiger partial charge in [-0.3, -0.25) is 9.36 Å². The Balaban J connectivity index is 1.14. The number of rotatable bonds is 9. The molecule has 1 fully saturated rings. The van der Waals surface area contributed by atoms with E-state index in [1.165, 1.54) is 11.1 Å². The Morgan fingerprint density at radius 2 is 1.86 bits per heavy atom. The molecule has 2 aromatic carbocycles. The Labute approximate surface area is 216 Å². The number of hydrogen-bond donors (Lipinski definition) is 0. The predicted molar refractivity (Wildman–Crippen MR) is 143 cm³/mol. The molecule has 36 heavy (non-hydrogen) atoms. The van der Waals surface area contributed by atoms with Crippen molar-refractivity contribution in [1.82, 2.24) is 19.7 Å². The maximum absolute atomic E-state index is 12.8. The SMILES string of the molecule is Cc1cccc(-n2c(SCCCC(=O)N3CCC(Cc4ccccc4)CC3)nnc2-c2ccco2)c1. The fourth-order valence-electron chi connectivity index (χ4n) is 4.81. The van der Waals surface area contributed by atoms with E-state index in [0.29, 0.717) is 23.9 Å². The zero-order chi connectivity index (χ0) is 24.7. The Kier molecular flexibility index (Phi) is 7.86. The van der Waals surface area contributed by atoms with Gasteiger partial charge in [0, 0.05) is 25.3 Å². The van der Waals surface area contributed by atoms with E-state index in [-0.39, 0.29) is 5.91 Å². The minimum atomic E-state index is 0.269. The zero-order valence-corrected chi connectivity index (χ0v) is 21.5. The van der Waals surface area contributed by atoms with Gasteiger partial charge in [0.2, 0.25) is 11.7 Å². The molecule has 0 atom stereocenters. The van der Waals surface area contributed by atoms with Gasteiger partial charge in [0.1, 0.15) is 0 Å². The molecule has 0 saturated carbocycles. The third-order valence-corrected chi connectivity index (χ3v) is 7.75. The number of likely N-dealkylation sites (tertiary alicyclic amines) is 1. The summed E-state index contributed by atoms with van der Waals surface area (Å²) in [6, 6.07) is 22.7. The number of piperidine rings is 1. The number of carbonyl (C=O) groups is 1. The van der Waals surface area contributed by atoms with Crippen LogP contribution < -0.4 is 0 Å². The average molecular weight is 501 g/mol. The number of benzene rings is 2. The van der Waals surface area contributed by atoms with Crippen LogP contribution >= 0.6 is 11.8 Å². The summed E-state index contributed by atoms with van der Waals surface area (Å²) < 4.78 is 7.65. The van der Waals surface area contributed by atoms with Gasteiger partial charge < -0.3 is 9.32 Å². The normalized spacial score (nSPS) is 14.3. The molecule has 5 rings (SSSR count). The monoisotopic (exact) mass is 500 g/mol. The number of carbonyl (C=O) groups excluding carboxylic acids is 1. The maximum Gasteiger partial charge on any atom is 0.222 e. The first-order chi connectivity index (χ1) is 17.7. The van der Waals surface area contributed by atoms with E-state index in [2.05, 4.69) is 70.6 Å². The molecule has 6 nitrogen and oxygen atoms in total. The predicted octanol–water partition coefficient (Wildman–Crippen LogP) is 6.19. The molecule has 186 valence electrons. The highest BCUT2D eigenvalue weighted by atomic mass is 32.2. The molecule has 0 radical (unpaired) electrons. The summed E-state index contributed by atoms with van der Waals surface area (Å²) in [7, 11) is 0. The number of amides is 1. The van der Waals surface area contributed by atoms with Crippen LogP contribution in [-0.4, -0.2) is 44.4 Å². The summed E-state index contributed by atoms with van der Waals surface area (Å²) >= 11 is 1.63.